The minimum atomic E-state index is -4.43. The Labute approximate surface area is 349 Å². The average Bonchev–Trinajstić information content (AvgIpc) is 3.65. The predicted molar refractivity (Wildman–Crippen MR) is 241 cm³/mol. The Morgan fingerprint density at radius 2 is 0.656 bits per heavy atom. The van der Waals surface area contributed by atoms with E-state index in [1.54, 1.807) is 35.6 Å². The summed E-state index contributed by atoms with van der Waals surface area (Å²) in [4.78, 5) is 0. The second kappa shape index (κ2) is 13.8. The molecule has 0 unspecified atom stereocenters. The Morgan fingerprint density at radius 3 is 1.05 bits per heavy atom. The minimum absolute atomic E-state index is 0.683. The zero-order valence-electron chi connectivity index (χ0n) is 32.0. The number of hydrogen-bond donors (Lipinski definition) is 0. The van der Waals surface area contributed by atoms with E-state index in [0.29, 0.717) is 11.1 Å². The summed E-state index contributed by atoms with van der Waals surface area (Å²) in [7, 11) is 0. The minimum Gasteiger partial charge on any atom is -0.166 e. The highest BCUT2D eigenvalue weighted by Crippen LogP contribution is 2.50. The van der Waals surface area contributed by atoms with Gasteiger partial charge in [-0.25, -0.2) is 0 Å². The van der Waals surface area contributed by atoms with E-state index in [4.69, 9.17) is 0 Å². The Hall–Kier alpha value is -6.96. The molecule has 0 spiro atoms. The number of rotatable bonds is 4. The van der Waals surface area contributed by atoms with Crippen LogP contribution in [0.15, 0.2) is 182 Å². The molecule has 0 N–H and O–H groups in total. The summed E-state index contributed by atoms with van der Waals surface area (Å²) in [5.41, 5.74) is 6.06. The van der Waals surface area contributed by atoms with Gasteiger partial charge in [-0.2, -0.15) is 26.3 Å². The van der Waals surface area contributed by atoms with Crippen LogP contribution in [0.1, 0.15) is 11.1 Å². The number of fused-ring (bicyclic) bond motifs is 7. The van der Waals surface area contributed by atoms with Crippen molar-refractivity contribution < 1.29 is 26.3 Å². The molecule has 0 atom stereocenters. The summed E-state index contributed by atoms with van der Waals surface area (Å²) in [6.07, 6.45) is -8.86. The number of benzene rings is 10. The summed E-state index contributed by atoms with van der Waals surface area (Å²) in [5, 5.41) is 10.1. The van der Waals surface area contributed by atoms with Crippen LogP contribution in [0.2, 0.25) is 0 Å². The van der Waals surface area contributed by atoms with E-state index in [2.05, 4.69) is 60.7 Å². The van der Waals surface area contributed by atoms with Gasteiger partial charge in [0, 0.05) is 20.2 Å². The van der Waals surface area contributed by atoms with Crippen LogP contribution in [0.25, 0.3) is 108 Å². The van der Waals surface area contributed by atoms with Gasteiger partial charge >= 0.3 is 12.4 Å². The van der Waals surface area contributed by atoms with Crippen molar-refractivity contribution in [2.24, 2.45) is 0 Å². The molecule has 0 radical (unpaired) electrons. The number of thiophene rings is 1. The van der Waals surface area contributed by atoms with Crippen LogP contribution in [0, 0.1) is 0 Å². The van der Waals surface area contributed by atoms with E-state index in [9.17, 15) is 26.3 Å². The third kappa shape index (κ3) is 5.98. The van der Waals surface area contributed by atoms with E-state index < -0.39 is 23.5 Å². The molecule has 11 aromatic rings. The van der Waals surface area contributed by atoms with Crippen molar-refractivity contribution in [2.45, 2.75) is 12.4 Å². The lowest BCUT2D eigenvalue weighted by Gasteiger charge is -2.19. The van der Waals surface area contributed by atoms with Crippen molar-refractivity contribution in [1.29, 1.82) is 0 Å². The van der Waals surface area contributed by atoms with E-state index in [0.717, 1.165) is 121 Å². The Balaban J connectivity index is 1.12. The summed E-state index contributed by atoms with van der Waals surface area (Å²) in [6.45, 7) is 0. The molecule has 10 aromatic carbocycles. The fourth-order valence-electron chi connectivity index (χ4n) is 9.32. The number of halogens is 6. The number of hydrogen-bond acceptors (Lipinski definition) is 1. The molecule has 0 aliphatic rings. The monoisotopic (exact) mass is 824 g/mol. The SMILES string of the molecule is FC(F)(F)c1ccc(-c2c3ccccc3c(-c3ccc4c(c3)sc3cccc(-c5c6ccccc6c(-c6ccc(C(F)(F)F)cc6)c6ccccc56)c34)c3ccccc23)cc1. The fourth-order valence-corrected chi connectivity index (χ4v) is 10.5. The molecule has 0 amide bonds. The molecule has 1 aromatic heterocycles. The largest absolute Gasteiger partial charge is 0.416 e. The zero-order chi connectivity index (χ0) is 41.6. The van der Waals surface area contributed by atoms with Gasteiger partial charge in [0.15, 0.2) is 0 Å². The van der Waals surface area contributed by atoms with E-state index in [1.807, 2.05) is 72.8 Å². The highest BCUT2D eigenvalue weighted by Gasteiger charge is 2.31. The van der Waals surface area contributed by atoms with Crippen LogP contribution in [-0.4, -0.2) is 0 Å². The lowest BCUT2D eigenvalue weighted by atomic mass is 9.84. The van der Waals surface area contributed by atoms with Gasteiger partial charge in [-0.3, -0.25) is 0 Å². The van der Waals surface area contributed by atoms with Crippen LogP contribution in [0.5, 0.6) is 0 Å². The smallest absolute Gasteiger partial charge is 0.166 e. The topological polar surface area (TPSA) is 0 Å². The quantitative estimate of drug-likeness (QED) is 0.123. The predicted octanol–water partition coefficient (Wildman–Crippen LogP) is 17.4. The van der Waals surface area contributed by atoms with Gasteiger partial charge in [0.25, 0.3) is 0 Å². The molecule has 0 aliphatic carbocycles. The maximum absolute atomic E-state index is 13.6. The molecule has 0 nitrogen and oxygen atoms in total. The highest BCUT2D eigenvalue weighted by molar-refractivity contribution is 7.26. The lowest BCUT2D eigenvalue weighted by molar-refractivity contribution is -0.138. The average molecular weight is 825 g/mol. The van der Waals surface area contributed by atoms with E-state index in [1.165, 1.54) is 0 Å². The fraction of sp³-hybridized carbons (Fsp3) is 0.0370. The molecule has 0 bridgehead atoms. The van der Waals surface area contributed by atoms with Crippen molar-refractivity contribution in [3.63, 3.8) is 0 Å². The first-order chi connectivity index (χ1) is 29.5. The molecular formula is C54H30F6S. The normalized spacial score (nSPS) is 12.4. The first kappa shape index (κ1) is 37.1. The molecule has 61 heavy (non-hydrogen) atoms. The van der Waals surface area contributed by atoms with Crippen molar-refractivity contribution in [3.05, 3.63) is 193 Å². The summed E-state index contributed by atoms with van der Waals surface area (Å²) in [5.74, 6) is 0. The molecule has 0 saturated heterocycles. The first-order valence-electron chi connectivity index (χ1n) is 19.7. The standard InChI is InChI=1S/C54H30F6S/c55-53(56,57)34-25-20-31(21-26-34)48-36-10-1-3-12-38(36)50(39-13-4-2-11-37(39)48)33-24-29-44-47(30-33)61-46-19-9-18-45(52(44)46)51-42-16-7-5-14-40(42)49(41-15-6-8-17-43(41)51)32-22-27-35(28-23-32)54(58,59)60/h1-30H. The van der Waals surface area contributed by atoms with Crippen LogP contribution >= 0.6 is 11.3 Å². The third-order valence-electron chi connectivity index (χ3n) is 11.9. The van der Waals surface area contributed by atoms with Crippen molar-refractivity contribution in [2.75, 3.05) is 0 Å². The molecular weight excluding hydrogens is 795 g/mol. The Kier molecular flexibility index (Phi) is 8.38. The van der Waals surface area contributed by atoms with Crippen LogP contribution < -0.4 is 0 Å². The van der Waals surface area contributed by atoms with Gasteiger partial charge in [0.05, 0.1) is 11.1 Å². The Morgan fingerprint density at radius 1 is 0.295 bits per heavy atom. The third-order valence-corrected chi connectivity index (χ3v) is 13.0. The maximum atomic E-state index is 13.6. The maximum Gasteiger partial charge on any atom is 0.416 e. The van der Waals surface area contributed by atoms with Gasteiger partial charge < -0.3 is 0 Å². The van der Waals surface area contributed by atoms with Gasteiger partial charge in [0.1, 0.15) is 0 Å². The van der Waals surface area contributed by atoms with Crippen LogP contribution in [0.4, 0.5) is 26.3 Å². The van der Waals surface area contributed by atoms with Gasteiger partial charge in [-0.15, -0.1) is 11.3 Å². The van der Waals surface area contributed by atoms with Gasteiger partial charge in [-0.05, 0) is 124 Å². The molecule has 0 fully saturated rings. The second-order valence-electron chi connectivity index (χ2n) is 15.3. The molecule has 11 rings (SSSR count). The molecule has 294 valence electrons. The number of alkyl halides is 6. The molecule has 7 heteroatoms. The van der Waals surface area contributed by atoms with E-state index in [-0.39, 0.29) is 0 Å². The van der Waals surface area contributed by atoms with Crippen LogP contribution in [0.3, 0.4) is 0 Å². The van der Waals surface area contributed by atoms with Crippen molar-refractivity contribution >= 4 is 74.6 Å². The van der Waals surface area contributed by atoms with Crippen LogP contribution in [-0.2, 0) is 12.4 Å². The lowest BCUT2D eigenvalue weighted by Crippen LogP contribution is -2.04. The Bertz CT molecular complexity index is 3430. The van der Waals surface area contributed by atoms with E-state index >= 15 is 0 Å². The highest BCUT2D eigenvalue weighted by atomic mass is 32.1. The van der Waals surface area contributed by atoms with Crippen molar-refractivity contribution in [3.8, 4) is 44.5 Å². The van der Waals surface area contributed by atoms with Gasteiger partial charge in [-0.1, -0.05) is 146 Å². The summed E-state index contributed by atoms with van der Waals surface area (Å²) >= 11 is 1.72. The summed E-state index contributed by atoms with van der Waals surface area (Å²) in [6, 6.07) is 56.3. The molecule has 0 aliphatic heterocycles. The molecule has 1 heterocycles. The van der Waals surface area contributed by atoms with Gasteiger partial charge in [0.2, 0.25) is 0 Å². The first-order valence-corrected chi connectivity index (χ1v) is 20.5. The van der Waals surface area contributed by atoms with Crippen molar-refractivity contribution in [1.82, 2.24) is 0 Å². The zero-order valence-corrected chi connectivity index (χ0v) is 32.8. The molecule has 0 saturated carbocycles. The second-order valence-corrected chi connectivity index (χ2v) is 16.4. The summed E-state index contributed by atoms with van der Waals surface area (Å²) < 4.78 is 83.7.